The summed E-state index contributed by atoms with van der Waals surface area (Å²) in [4.78, 5) is 0. The molecule has 5 aromatic rings. The van der Waals surface area contributed by atoms with Crippen LogP contribution >= 0.6 is 24.8 Å². The Kier molecular flexibility index (Phi) is 18.7. The number of halogens is 2. The third-order valence-corrected chi connectivity index (χ3v) is 6.28. The van der Waals surface area contributed by atoms with E-state index in [0.29, 0.717) is 0 Å². The zero-order valence-electron chi connectivity index (χ0n) is 24.4. The van der Waals surface area contributed by atoms with Gasteiger partial charge in [-0.2, -0.15) is 36.8 Å². The molecule has 0 aliphatic carbocycles. The summed E-state index contributed by atoms with van der Waals surface area (Å²) in [5.41, 5.74) is 9.61. The molecule has 0 heterocycles. The Balaban J connectivity index is 0.000000549. The molecule has 0 saturated carbocycles. The van der Waals surface area contributed by atoms with E-state index in [9.17, 15) is 0 Å². The van der Waals surface area contributed by atoms with Gasteiger partial charge in [0.15, 0.2) is 0 Å². The van der Waals surface area contributed by atoms with Gasteiger partial charge in [0.25, 0.3) is 0 Å². The van der Waals surface area contributed by atoms with E-state index in [-0.39, 0.29) is 24.8 Å². The summed E-state index contributed by atoms with van der Waals surface area (Å²) in [6.07, 6.45) is 4.84. The maximum atomic E-state index is 3.72. The molecule has 0 amide bonds. The van der Waals surface area contributed by atoms with Gasteiger partial charge in [0.2, 0.25) is 0 Å². The zero-order chi connectivity index (χ0) is 27.4. The molecular weight excluding hydrogens is 611 g/mol. The van der Waals surface area contributed by atoms with Crippen LogP contribution in [-0.2, 0) is 36.2 Å². The number of fused-ring (bicyclic) bond motifs is 2. The molecule has 0 aromatic heterocycles. The van der Waals surface area contributed by atoms with Crippen molar-refractivity contribution in [1.82, 2.24) is 0 Å². The Morgan fingerprint density at radius 3 is 1.33 bits per heavy atom. The molecule has 2 radical (unpaired) electrons. The molecule has 5 rings (SSSR count). The van der Waals surface area contributed by atoms with E-state index < -0.39 is 0 Å². The number of aryl methyl sites for hydroxylation is 6. The Hall–Kier alpha value is -1.57. The SMILES string of the molecule is CCCc1cc(C)cc2[cH-]c(C)cc12.CCCc1cc(C)cc2[cH-]c(C)cc12.Cl.Cl.[CH2-]c1ccccc1.[Si]=[Zr]. The van der Waals surface area contributed by atoms with E-state index in [1.165, 1.54) is 104 Å². The number of hydrogen-bond acceptors (Lipinski definition) is 0. The summed E-state index contributed by atoms with van der Waals surface area (Å²) >= 11 is 1.36. The van der Waals surface area contributed by atoms with Crippen LogP contribution in [0.4, 0.5) is 0 Å². The molecule has 0 spiro atoms. The molecule has 0 aliphatic heterocycles. The number of hydrogen-bond donors (Lipinski definition) is 0. The van der Waals surface area contributed by atoms with Crippen LogP contribution in [0.1, 0.15) is 65.6 Å². The van der Waals surface area contributed by atoms with Crippen molar-refractivity contribution in [3.63, 3.8) is 0 Å². The first-order valence-electron chi connectivity index (χ1n) is 13.3. The summed E-state index contributed by atoms with van der Waals surface area (Å²) in [5, 5.41) is 5.72. The summed E-state index contributed by atoms with van der Waals surface area (Å²) < 4.78 is 0. The van der Waals surface area contributed by atoms with Crippen molar-refractivity contribution >= 4 is 53.2 Å². The van der Waals surface area contributed by atoms with E-state index in [4.69, 9.17) is 0 Å². The molecule has 0 fully saturated rings. The van der Waals surface area contributed by atoms with Crippen molar-refractivity contribution in [2.24, 2.45) is 0 Å². The van der Waals surface area contributed by atoms with Gasteiger partial charge in [0.1, 0.15) is 0 Å². The predicted molar refractivity (Wildman–Crippen MR) is 177 cm³/mol. The fraction of sp³-hybridized carbons (Fsp3) is 0.286. The molecule has 0 atom stereocenters. The van der Waals surface area contributed by atoms with Crippen molar-refractivity contribution in [1.29, 1.82) is 0 Å². The summed E-state index contributed by atoms with van der Waals surface area (Å²) in [7, 11) is 0. The molecule has 5 aromatic carbocycles. The van der Waals surface area contributed by atoms with E-state index in [2.05, 4.69) is 104 Å². The van der Waals surface area contributed by atoms with Crippen LogP contribution in [0.5, 0.6) is 0 Å². The van der Waals surface area contributed by atoms with Crippen LogP contribution in [0.3, 0.4) is 0 Å². The molecule has 0 bridgehead atoms. The first kappa shape index (κ1) is 37.4. The Morgan fingerprint density at radius 2 is 1.03 bits per heavy atom. The molecule has 0 nitrogen and oxygen atoms in total. The topological polar surface area (TPSA) is 0 Å². The third kappa shape index (κ3) is 11.8. The van der Waals surface area contributed by atoms with E-state index >= 15 is 0 Å². The molecule has 0 N–H and O–H groups in total. The van der Waals surface area contributed by atoms with Crippen LogP contribution in [0, 0.1) is 34.6 Å². The van der Waals surface area contributed by atoms with Crippen LogP contribution in [0.2, 0.25) is 0 Å². The van der Waals surface area contributed by atoms with Gasteiger partial charge in [-0.1, -0.05) is 81.0 Å². The summed E-state index contributed by atoms with van der Waals surface area (Å²) in [6, 6.07) is 28.3. The first-order chi connectivity index (χ1) is 17.8. The fourth-order valence-electron chi connectivity index (χ4n) is 4.86. The predicted octanol–water partition coefficient (Wildman–Crippen LogP) is 10.6. The van der Waals surface area contributed by atoms with Gasteiger partial charge in [-0.25, -0.2) is 0 Å². The van der Waals surface area contributed by atoms with Gasteiger partial charge in [0.05, 0.1) is 0 Å². The average molecular weight is 654 g/mol. The maximum absolute atomic E-state index is 3.72. The van der Waals surface area contributed by atoms with Crippen molar-refractivity contribution in [3.05, 3.63) is 125 Å². The summed E-state index contributed by atoms with van der Waals surface area (Å²) in [5.74, 6) is 0. The quantitative estimate of drug-likeness (QED) is 0.134. The van der Waals surface area contributed by atoms with Gasteiger partial charge in [-0.3, -0.25) is 0 Å². The van der Waals surface area contributed by atoms with Gasteiger partial charge >= 0.3 is 30.2 Å². The van der Waals surface area contributed by atoms with Gasteiger partial charge in [-0.05, 0) is 26.7 Å². The number of benzene rings is 3. The van der Waals surface area contributed by atoms with Crippen LogP contribution in [-0.4, -0.2) is 6.88 Å². The van der Waals surface area contributed by atoms with Crippen LogP contribution in [0.25, 0.3) is 21.5 Å². The minimum atomic E-state index is 0. The number of rotatable bonds is 4. The zero-order valence-corrected chi connectivity index (χ0v) is 29.4. The molecule has 208 valence electrons. The minimum absolute atomic E-state index is 0. The molecule has 0 saturated heterocycles. The second-order valence-corrected chi connectivity index (χ2v) is 9.90. The van der Waals surface area contributed by atoms with E-state index in [1.807, 2.05) is 30.3 Å². The van der Waals surface area contributed by atoms with E-state index in [1.54, 1.807) is 0 Å². The van der Waals surface area contributed by atoms with Crippen molar-refractivity contribution in [2.45, 2.75) is 67.2 Å². The average Bonchev–Trinajstić information content (AvgIpc) is 3.43. The second kappa shape index (κ2) is 19.5. The standard InChI is InChI=1S/2C14H17.C7H7.2ClH.Si.Zr/c2*1-4-5-12-6-10(2)7-13-8-11(3)9-14(12)13;1-7-5-3-2-4-6-7;;;;/h2*6-9H,4-5H2,1-3H3;2-6H,1H2;2*1H;;/q3*-1;;;;. The Morgan fingerprint density at radius 1 is 0.641 bits per heavy atom. The van der Waals surface area contributed by atoms with Crippen molar-refractivity contribution in [3.8, 4) is 0 Å². The van der Waals surface area contributed by atoms with Gasteiger partial charge in [0, 0.05) is 0 Å². The normalized spacial score (nSPS) is 9.56. The van der Waals surface area contributed by atoms with Gasteiger partial charge in [-0.15, -0.1) is 93.9 Å². The van der Waals surface area contributed by atoms with E-state index in [0.717, 1.165) is 5.56 Å². The second-order valence-electron chi connectivity index (χ2n) is 9.90. The summed E-state index contributed by atoms with van der Waals surface area (Å²) in [6.45, 7) is 20.0. The van der Waals surface area contributed by atoms with Crippen molar-refractivity contribution < 1.29 is 23.3 Å². The van der Waals surface area contributed by atoms with Crippen molar-refractivity contribution in [2.75, 3.05) is 0 Å². The van der Waals surface area contributed by atoms with Gasteiger partial charge < -0.3 is 0 Å². The molecule has 39 heavy (non-hydrogen) atoms. The monoisotopic (exact) mass is 651 g/mol. The third-order valence-electron chi connectivity index (χ3n) is 6.28. The fourth-order valence-corrected chi connectivity index (χ4v) is 4.86. The molecule has 0 aliphatic rings. The molecule has 0 unspecified atom stereocenters. The Bertz CT molecular complexity index is 1290. The Labute approximate surface area is 266 Å². The first-order valence-corrected chi connectivity index (χ1v) is 17.4. The van der Waals surface area contributed by atoms with Crippen LogP contribution < -0.4 is 0 Å². The molecule has 4 heteroatoms. The molecular formula is C35H43Cl2SiZr-3. The van der Waals surface area contributed by atoms with Crippen LogP contribution in [0.15, 0.2) is 78.9 Å².